The van der Waals surface area contributed by atoms with E-state index in [1.165, 1.54) is 13.2 Å². The maximum Gasteiger partial charge on any atom is 0.169 e. The van der Waals surface area contributed by atoms with E-state index < -0.39 is 5.82 Å². The highest BCUT2D eigenvalue weighted by atomic mass is 19.1. The highest BCUT2D eigenvalue weighted by molar-refractivity contribution is 5.44. The van der Waals surface area contributed by atoms with E-state index in [4.69, 9.17) is 10.00 Å². The average molecular weight is 179 g/mol. The van der Waals surface area contributed by atoms with Gasteiger partial charge in [0.15, 0.2) is 11.6 Å². The minimum absolute atomic E-state index is 0.191. The Hall–Kier alpha value is -1.56. The number of ether oxygens (including phenoxy) is 1. The molecule has 0 aliphatic carbocycles. The van der Waals surface area contributed by atoms with E-state index >= 15 is 0 Å². The van der Waals surface area contributed by atoms with Crippen molar-refractivity contribution in [1.29, 1.82) is 5.26 Å². The Morgan fingerprint density at radius 2 is 2.23 bits per heavy atom. The van der Waals surface area contributed by atoms with E-state index in [2.05, 4.69) is 0 Å². The van der Waals surface area contributed by atoms with Crippen molar-refractivity contribution in [2.75, 3.05) is 7.11 Å². The lowest BCUT2D eigenvalue weighted by atomic mass is 10.1. The van der Waals surface area contributed by atoms with Crippen LogP contribution >= 0.6 is 0 Å². The number of nitriles is 1. The van der Waals surface area contributed by atoms with Crippen LogP contribution in [-0.2, 0) is 6.42 Å². The van der Waals surface area contributed by atoms with Crippen LogP contribution in [0.15, 0.2) is 12.1 Å². The molecule has 0 atom stereocenters. The first kappa shape index (κ1) is 9.53. The van der Waals surface area contributed by atoms with E-state index in [0.717, 1.165) is 0 Å². The van der Waals surface area contributed by atoms with Crippen LogP contribution in [0.4, 0.5) is 4.39 Å². The van der Waals surface area contributed by atoms with Gasteiger partial charge in [-0.3, -0.25) is 0 Å². The summed E-state index contributed by atoms with van der Waals surface area (Å²) < 4.78 is 18.2. The molecule has 1 rings (SSSR count). The van der Waals surface area contributed by atoms with Crippen molar-refractivity contribution in [3.05, 3.63) is 29.1 Å². The van der Waals surface area contributed by atoms with Crippen LogP contribution < -0.4 is 4.74 Å². The van der Waals surface area contributed by atoms with E-state index in [9.17, 15) is 4.39 Å². The molecule has 0 aliphatic heterocycles. The normalized spacial score (nSPS) is 9.38. The summed E-state index contributed by atoms with van der Waals surface area (Å²) in [4.78, 5) is 0. The Morgan fingerprint density at radius 3 is 2.69 bits per heavy atom. The van der Waals surface area contributed by atoms with Crippen molar-refractivity contribution >= 4 is 0 Å². The second-order valence-electron chi connectivity index (χ2n) is 2.57. The fourth-order valence-corrected chi connectivity index (χ4v) is 1.21. The van der Waals surface area contributed by atoms with Gasteiger partial charge >= 0.3 is 0 Å². The molecule has 1 aromatic carbocycles. The lowest BCUT2D eigenvalue weighted by molar-refractivity contribution is 0.384. The molecule has 0 N–H and O–H groups in total. The maximum absolute atomic E-state index is 13.4. The summed E-state index contributed by atoms with van der Waals surface area (Å²) in [5.41, 5.74) is 0.794. The van der Waals surface area contributed by atoms with Crippen LogP contribution in [0.5, 0.6) is 5.75 Å². The number of hydrogen-bond acceptors (Lipinski definition) is 2. The second-order valence-corrected chi connectivity index (χ2v) is 2.57. The molecule has 0 heterocycles. The van der Waals surface area contributed by atoms with Crippen LogP contribution in [0.25, 0.3) is 0 Å². The van der Waals surface area contributed by atoms with Gasteiger partial charge in [-0.2, -0.15) is 5.26 Å². The van der Waals surface area contributed by atoms with Crippen LogP contribution in [0.1, 0.15) is 18.1 Å². The fourth-order valence-electron chi connectivity index (χ4n) is 1.21. The molecule has 2 nitrogen and oxygen atoms in total. The standard InChI is InChI=1S/C10H10FNO/c1-3-8-7(6-12)4-5-9(13-2)10(8)11/h4-5H,3H2,1-2H3. The molecular weight excluding hydrogens is 169 g/mol. The summed E-state index contributed by atoms with van der Waals surface area (Å²) in [5.74, 6) is -0.236. The maximum atomic E-state index is 13.4. The Kier molecular flexibility index (Phi) is 2.86. The SMILES string of the molecule is CCc1c(C#N)ccc(OC)c1F. The molecule has 0 bridgehead atoms. The van der Waals surface area contributed by atoms with Crippen LogP contribution in [0, 0.1) is 17.1 Å². The first-order chi connectivity index (χ1) is 6.24. The molecule has 68 valence electrons. The predicted molar refractivity (Wildman–Crippen MR) is 47.0 cm³/mol. The van der Waals surface area contributed by atoms with Gasteiger partial charge in [0.2, 0.25) is 0 Å². The smallest absolute Gasteiger partial charge is 0.169 e. The van der Waals surface area contributed by atoms with E-state index in [1.54, 1.807) is 13.0 Å². The van der Waals surface area contributed by atoms with Gasteiger partial charge in [0.25, 0.3) is 0 Å². The van der Waals surface area contributed by atoms with Gasteiger partial charge in [0.05, 0.1) is 18.7 Å². The van der Waals surface area contributed by atoms with Crippen LogP contribution in [0.2, 0.25) is 0 Å². The first-order valence-electron chi connectivity index (χ1n) is 4.00. The number of benzene rings is 1. The van der Waals surface area contributed by atoms with E-state index in [1.807, 2.05) is 6.07 Å². The molecule has 13 heavy (non-hydrogen) atoms. The third-order valence-electron chi connectivity index (χ3n) is 1.90. The highest BCUT2D eigenvalue weighted by Crippen LogP contribution is 2.23. The Labute approximate surface area is 76.6 Å². The molecule has 0 unspecified atom stereocenters. The molecule has 0 fully saturated rings. The summed E-state index contributed by atoms with van der Waals surface area (Å²) in [5, 5.41) is 8.68. The van der Waals surface area contributed by atoms with Crippen molar-refractivity contribution < 1.29 is 9.13 Å². The quantitative estimate of drug-likeness (QED) is 0.697. The van der Waals surface area contributed by atoms with E-state index in [0.29, 0.717) is 17.5 Å². The number of hydrogen-bond donors (Lipinski definition) is 0. The summed E-state index contributed by atoms with van der Waals surface area (Å²) in [6.07, 6.45) is 0.492. The summed E-state index contributed by atoms with van der Waals surface area (Å²) in [7, 11) is 1.41. The minimum atomic E-state index is -0.427. The molecular formula is C10H10FNO. The molecule has 0 saturated heterocycles. The molecule has 1 aromatic rings. The highest BCUT2D eigenvalue weighted by Gasteiger charge is 2.11. The minimum Gasteiger partial charge on any atom is -0.494 e. The van der Waals surface area contributed by atoms with Gasteiger partial charge in [-0.15, -0.1) is 0 Å². The monoisotopic (exact) mass is 179 g/mol. The zero-order valence-corrected chi connectivity index (χ0v) is 7.60. The topological polar surface area (TPSA) is 33.0 Å². The summed E-state index contributed by atoms with van der Waals surface area (Å²) in [6, 6.07) is 4.98. The zero-order valence-electron chi connectivity index (χ0n) is 7.60. The molecule has 0 saturated carbocycles. The fraction of sp³-hybridized carbons (Fsp3) is 0.300. The Morgan fingerprint density at radius 1 is 1.54 bits per heavy atom. The Bertz CT molecular complexity index is 355. The Balaban J connectivity index is 3.34. The lowest BCUT2D eigenvalue weighted by Gasteiger charge is -2.06. The number of methoxy groups -OCH3 is 1. The molecule has 0 aliphatic rings. The molecule has 0 amide bonds. The van der Waals surface area contributed by atoms with Gasteiger partial charge in [-0.05, 0) is 18.6 Å². The third-order valence-corrected chi connectivity index (χ3v) is 1.90. The van der Waals surface area contributed by atoms with Crippen LogP contribution in [-0.4, -0.2) is 7.11 Å². The molecule has 0 aromatic heterocycles. The van der Waals surface area contributed by atoms with Crippen molar-refractivity contribution in [2.24, 2.45) is 0 Å². The van der Waals surface area contributed by atoms with Gasteiger partial charge in [-0.1, -0.05) is 6.92 Å². The predicted octanol–water partition coefficient (Wildman–Crippen LogP) is 2.27. The largest absolute Gasteiger partial charge is 0.494 e. The molecule has 0 spiro atoms. The zero-order chi connectivity index (χ0) is 9.84. The van der Waals surface area contributed by atoms with Crippen molar-refractivity contribution in [3.8, 4) is 11.8 Å². The number of nitrogens with zero attached hydrogens (tertiary/aromatic N) is 1. The van der Waals surface area contributed by atoms with E-state index in [-0.39, 0.29) is 5.75 Å². The van der Waals surface area contributed by atoms with Gasteiger partial charge < -0.3 is 4.74 Å². The summed E-state index contributed by atoms with van der Waals surface area (Å²) >= 11 is 0. The van der Waals surface area contributed by atoms with Gasteiger partial charge in [-0.25, -0.2) is 4.39 Å². The van der Waals surface area contributed by atoms with Gasteiger partial charge in [0, 0.05) is 5.56 Å². The molecule has 0 radical (unpaired) electrons. The first-order valence-corrected chi connectivity index (χ1v) is 4.00. The molecule has 3 heteroatoms. The number of rotatable bonds is 2. The third kappa shape index (κ3) is 1.62. The van der Waals surface area contributed by atoms with Crippen molar-refractivity contribution in [3.63, 3.8) is 0 Å². The average Bonchev–Trinajstić information content (AvgIpc) is 2.17. The second kappa shape index (κ2) is 3.90. The van der Waals surface area contributed by atoms with Crippen LogP contribution in [0.3, 0.4) is 0 Å². The van der Waals surface area contributed by atoms with Crippen molar-refractivity contribution in [2.45, 2.75) is 13.3 Å². The van der Waals surface area contributed by atoms with Crippen molar-refractivity contribution in [1.82, 2.24) is 0 Å². The lowest BCUT2D eigenvalue weighted by Crippen LogP contribution is -1.97. The number of halogens is 1. The summed E-state index contributed by atoms with van der Waals surface area (Å²) in [6.45, 7) is 1.80. The van der Waals surface area contributed by atoms with Gasteiger partial charge in [0.1, 0.15) is 0 Å².